The average Bonchev–Trinajstić information content (AvgIpc) is 3.09. The topological polar surface area (TPSA) is 107 Å². The maximum Gasteiger partial charge on any atom is 0.289 e. The monoisotopic (exact) mass is 392 g/mol. The van der Waals surface area contributed by atoms with Crippen LogP contribution in [0.1, 0.15) is 5.56 Å². The normalized spacial score (nSPS) is 11.3. The molecule has 0 saturated heterocycles. The Balaban J connectivity index is 1.93. The molecule has 0 radical (unpaired) electrons. The standard InChI is InChI=1S/C16H13ClN4O4S/c17-14-7-6-13(10-16(14)21(22)23)26(24,25)19-15-5-2-1-4-12(15)11-20-9-3-8-18-20/h1-10,19H,11H2. The molecule has 0 spiro atoms. The molecule has 0 aliphatic carbocycles. The molecule has 0 fully saturated rings. The fraction of sp³-hybridized carbons (Fsp3) is 0.0625. The van der Waals surface area contributed by atoms with Crippen LogP contribution in [0.15, 0.2) is 65.8 Å². The Morgan fingerprint density at radius 1 is 1.19 bits per heavy atom. The van der Waals surface area contributed by atoms with E-state index in [1.807, 2.05) is 0 Å². The molecule has 3 aromatic rings. The summed E-state index contributed by atoms with van der Waals surface area (Å²) >= 11 is 5.74. The number of nitro benzene ring substituents is 1. The maximum absolute atomic E-state index is 12.6. The molecule has 0 aliphatic heterocycles. The third-order valence-electron chi connectivity index (χ3n) is 3.58. The van der Waals surface area contributed by atoms with Crippen molar-refractivity contribution >= 4 is 33.0 Å². The molecule has 0 bridgehead atoms. The third kappa shape index (κ3) is 3.84. The van der Waals surface area contributed by atoms with Gasteiger partial charge in [0.25, 0.3) is 15.7 Å². The lowest BCUT2D eigenvalue weighted by atomic mass is 10.2. The summed E-state index contributed by atoms with van der Waals surface area (Å²) in [5.41, 5.74) is 0.586. The maximum atomic E-state index is 12.6. The van der Waals surface area contributed by atoms with Crippen molar-refractivity contribution in [1.82, 2.24) is 9.78 Å². The first-order valence-corrected chi connectivity index (χ1v) is 9.25. The van der Waals surface area contributed by atoms with Crippen LogP contribution in [0.25, 0.3) is 0 Å². The van der Waals surface area contributed by atoms with Crippen LogP contribution in [-0.4, -0.2) is 23.1 Å². The van der Waals surface area contributed by atoms with Crippen molar-refractivity contribution in [3.05, 3.63) is 81.6 Å². The molecule has 1 aromatic heterocycles. The highest BCUT2D eigenvalue weighted by molar-refractivity contribution is 7.92. The number of nitro groups is 1. The van der Waals surface area contributed by atoms with Gasteiger partial charge in [-0.25, -0.2) is 8.42 Å². The minimum Gasteiger partial charge on any atom is -0.279 e. The van der Waals surface area contributed by atoms with Crippen LogP contribution in [0, 0.1) is 10.1 Å². The number of rotatable bonds is 6. The van der Waals surface area contributed by atoms with Gasteiger partial charge < -0.3 is 0 Å². The van der Waals surface area contributed by atoms with Crippen molar-refractivity contribution < 1.29 is 13.3 Å². The van der Waals surface area contributed by atoms with Gasteiger partial charge in [-0.15, -0.1) is 0 Å². The number of nitrogens with one attached hydrogen (secondary N) is 1. The lowest BCUT2D eigenvalue weighted by molar-refractivity contribution is -0.384. The van der Waals surface area contributed by atoms with Gasteiger partial charge >= 0.3 is 0 Å². The van der Waals surface area contributed by atoms with Crippen molar-refractivity contribution in [2.45, 2.75) is 11.4 Å². The third-order valence-corrected chi connectivity index (χ3v) is 5.26. The van der Waals surface area contributed by atoms with Crippen molar-refractivity contribution in [1.29, 1.82) is 0 Å². The number of nitrogens with zero attached hydrogens (tertiary/aromatic N) is 3. The predicted molar refractivity (Wildman–Crippen MR) is 96.7 cm³/mol. The summed E-state index contributed by atoms with van der Waals surface area (Å²) in [5, 5.41) is 15.0. The molecular formula is C16H13ClN4O4S. The molecule has 0 saturated carbocycles. The summed E-state index contributed by atoms with van der Waals surface area (Å²) < 4.78 is 29.4. The fourth-order valence-corrected chi connectivity index (χ4v) is 3.64. The predicted octanol–water partition coefficient (Wildman–Crippen LogP) is 3.29. The van der Waals surface area contributed by atoms with Gasteiger partial charge in [-0.2, -0.15) is 5.10 Å². The van der Waals surface area contributed by atoms with Crippen molar-refractivity contribution in [3.8, 4) is 0 Å². The SMILES string of the molecule is O=[N+]([O-])c1cc(S(=O)(=O)Nc2ccccc2Cn2cccn2)ccc1Cl. The molecule has 134 valence electrons. The van der Waals surface area contributed by atoms with Crippen LogP contribution in [-0.2, 0) is 16.6 Å². The van der Waals surface area contributed by atoms with Crippen LogP contribution < -0.4 is 4.72 Å². The van der Waals surface area contributed by atoms with E-state index in [1.165, 1.54) is 12.1 Å². The number of benzene rings is 2. The van der Waals surface area contributed by atoms with E-state index in [4.69, 9.17) is 11.6 Å². The number of aromatic nitrogens is 2. The molecular weight excluding hydrogens is 380 g/mol. The average molecular weight is 393 g/mol. The summed E-state index contributed by atoms with van der Waals surface area (Å²) in [7, 11) is -4.03. The van der Waals surface area contributed by atoms with Crippen LogP contribution in [0.4, 0.5) is 11.4 Å². The molecule has 1 N–H and O–H groups in total. The van der Waals surface area contributed by atoms with E-state index in [1.54, 1.807) is 47.4 Å². The van der Waals surface area contributed by atoms with Gasteiger partial charge in [0.2, 0.25) is 0 Å². The number of hydrogen-bond donors (Lipinski definition) is 1. The molecule has 2 aromatic carbocycles. The number of hydrogen-bond acceptors (Lipinski definition) is 5. The molecule has 10 heteroatoms. The molecule has 3 rings (SSSR count). The van der Waals surface area contributed by atoms with Crippen LogP contribution in [0.2, 0.25) is 5.02 Å². The van der Waals surface area contributed by atoms with Crippen molar-refractivity contribution in [2.75, 3.05) is 4.72 Å². The quantitative estimate of drug-likeness (QED) is 0.511. The highest BCUT2D eigenvalue weighted by Gasteiger charge is 2.21. The Kier molecular flexibility index (Phi) is 4.92. The summed E-state index contributed by atoms with van der Waals surface area (Å²) in [5.74, 6) is 0. The van der Waals surface area contributed by atoms with Crippen LogP contribution >= 0.6 is 11.6 Å². The Labute approximate surface area is 154 Å². The zero-order valence-electron chi connectivity index (χ0n) is 13.2. The van der Waals surface area contributed by atoms with Crippen LogP contribution in [0.5, 0.6) is 0 Å². The Hall–Kier alpha value is -2.91. The molecule has 8 nitrogen and oxygen atoms in total. The zero-order chi connectivity index (χ0) is 18.7. The van der Waals surface area contributed by atoms with Crippen molar-refractivity contribution in [3.63, 3.8) is 0 Å². The summed E-state index contributed by atoms with van der Waals surface area (Å²) in [6.07, 6.45) is 3.38. The highest BCUT2D eigenvalue weighted by atomic mass is 35.5. The van der Waals surface area contributed by atoms with Crippen LogP contribution in [0.3, 0.4) is 0 Å². The highest BCUT2D eigenvalue weighted by Crippen LogP contribution is 2.28. The minimum absolute atomic E-state index is 0.131. The number of sulfonamides is 1. The molecule has 0 aliphatic rings. The van der Waals surface area contributed by atoms with E-state index in [0.29, 0.717) is 17.8 Å². The summed E-state index contributed by atoms with van der Waals surface area (Å²) in [6.45, 7) is 0.368. The first kappa shape index (κ1) is 17.9. The second kappa shape index (κ2) is 7.14. The van der Waals surface area contributed by atoms with E-state index < -0.39 is 20.6 Å². The Morgan fingerprint density at radius 3 is 2.65 bits per heavy atom. The van der Waals surface area contributed by atoms with Gasteiger partial charge in [-0.3, -0.25) is 19.5 Å². The number of anilines is 1. The second-order valence-electron chi connectivity index (χ2n) is 5.34. The molecule has 0 unspecified atom stereocenters. The largest absolute Gasteiger partial charge is 0.289 e. The first-order chi connectivity index (χ1) is 12.4. The lowest BCUT2D eigenvalue weighted by Crippen LogP contribution is -2.15. The Morgan fingerprint density at radius 2 is 1.96 bits per heavy atom. The summed E-state index contributed by atoms with van der Waals surface area (Å²) in [4.78, 5) is 10.0. The fourth-order valence-electron chi connectivity index (χ4n) is 2.33. The van der Waals surface area contributed by atoms with Gasteiger partial charge in [-0.05, 0) is 29.8 Å². The Bertz CT molecular complexity index is 1050. The minimum atomic E-state index is -4.03. The smallest absolute Gasteiger partial charge is 0.279 e. The van der Waals surface area contributed by atoms with E-state index in [-0.39, 0.29) is 9.92 Å². The number of halogens is 1. The zero-order valence-corrected chi connectivity index (χ0v) is 14.8. The van der Waals surface area contributed by atoms with E-state index in [2.05, 4.69) is 9.82 Å². The molecule has 26 heavy (non-hydrogen) atoms. The second-order valence-corrected chi connectivity index (χ2v) is 7.43. The molecule has 0 amide bonds. The van der Waals surface area contributed by atoms with Gasteiger partial charge in [0.05, 0.1) is 22.1 Å². The van der Waals surface area contributed by atoms with E-state index in [0.717, 1.165) is 6.07 Å². The lowest BCUT2D eigenvalue weighted by Gasteiger charge is -2.13. The summed E-state index contributed by atoms with van der Waals surface area (Å²) in [6, 6.07) is 11.9. The van der Waals surface area contributed by atoms with Gasteiger partial charge in [0.15, 0.2) is 0 Å². The number of para-hydroxylation sites is 1. The van der Waals surface area contributed by atoms with E-state index >= 15 is 0 Å². The van der Waals surface area contributed by atoms with Gasteiger partial charge in [-0.1, -0.05) is 29.8 Å². The van der Waals surface area contributed by atoms with Gasteiger partial charge in [0.1, 0.15) is 5.02 Å². The molecule has 1 heterocycles. The van der Waals surface area contributed by atoms with Crippen molar-refractivity contribution in [2.24, 2.45) is 0 Å². The van der Waals surface area contributed by atoms with Gasteiger partial charge in [0, 0.05) is 18.5 Å². The molecule has 0 atom stereocenters. The van der Waals surface area contributed by atoms with E-state index in [9.17, 15) is 18.5 Å². The first-order valence-electron chi connectivity index (χ1n) is 7.39.